The standard InChI is InChI=1S/C14H18ClN5O4/c1-7(15)2-3-23-4-8-10(21)11(22)14(24-8)20-6-19-9-12(16)17-5-18-13(9)20/h2,5-6,8,10-11,14,21-22H,3-4H2,1H3,(H2,16,17,18)/b7-2-/t8-,10-,11-,14-/m1/s1. The Morgan fingerprint density at radius 2 is 2.21 bits per heavy atom. The highest BCUT2D eigenvalue weighted by Crippen LogP contribution is 2.32. The van der Waals surface area contributed by atoms with Gasteiger partial charge in [0, 0.05) is 5.03 Å². The van der Waals surface area contributed by atoms with E-state index >= 15 is 0 Å². The number of nitrogens with two attached hydrogens (primary N) is 1. The average Bonchev–Trinajstić information content (AvgIpc) is 3.08. The maximum atomic E-state index is 10.3. The van der Waals surface area contributed by atoms with Crippen LogP contribution in [0.1, 0.15) is 13.2 Å². The molecule has 1 aliphatic rings. The lowest BCUT2D eigenvalue weighted by Gasteiger charge is -2.16. The number of imidazole rings is 1. The monoisotopic (exact) mass is 355 g/mol. The third kappa shape index (κ3) is 3.21. The number of fused-ring (bicyclic) bond motifs is 1. The molecule has 1 saturated heterocycles. The molecule has 4 atom stereocenters. The SMILES string of the molecule is C/C(Cl)=C/COC[C@H]1O[C@@H](n2cnc3c(N)ncnc32)[C@H](O)[C@@H]1O. The van der Waals surface area contributed by atoms with E-state index in [1.54, 1.807) is 13.0 Å². The van der Waals surface area contributed by atoms with Crippen LogP contribution in [-0.4, -0.2) is 61.3 Å². The number of aromatic nitrogens is 4. The number of nitrogens with zero attached hydrogens (tertiary/aromatic N) is 4. The first-order valence-corrected chi connectivity index (χ1v) is 7.71. The van der Waals surface area contributed by atoms with Crippen LogP contribution in [-0.2, 0) is 9.47 Å². The van der Waals surface area contributed by atoms with E-state index in [0.717, 1.165) is 0 Å². The Bertz CT molecular complexity index is 748. The molecule has 24 heavy (non-hydrogen) atoms. The molecule has 4 N–H and O–H groups in total. The third-order valence-electron chi connectivity index (χ3n) is 3.76. The zero-order chi connectivity index (χ0) is 17.3. The van der Waals surface area contributed by atoms with E-state index in [-0.39, 0.29) is 12.4 Å². The predicted molar refractivity (Wildman–Crippen MR) is 86.1 cm³/mol. The number of nitrogen functional groups attached to an aromatic ring is 1. The fourth-order valence-electron chi connectivity index (χ4n) is 2.51. The van der Waals surface area contributed by atoms with Gasteiger partial charge in [0.15, 0.2) is 17.7 Å². The molecule has 10 heteroatoms. The molecule has 3 rings (SSSR count). The van der Waals surface area contributed by atoms with Gasteiger partial charge in [-0.3, -0.25) is 4.57 Å². The van der Waals surface area contributed by atoms with E-state index in [4.69, 9.17) is 26.8 Å². The second-order valence-corrected chi connectivity index (χ2v) is 6.05. The fraction of sp³-hybridized carbons (Fsp3) is 0.500. The number of ether oxygens (including phenoxy) is 2. The zero-order valence-corrected chi connectivity index (χ0v) is 13.7. The molecule has 0 saturated carbocycles. The topological polar surface area (TPSA) is 129 Å². The second kappa shape index (κ2) is 6.99. The molecule has 2 aromatic rings. The van der Waals surface area contributed by atoms with E-state index in [1.165, 1.54) is 17.2 Å². The van der Waals surface area contributed by atoms with Crippen molar-refractivity contribution in [1.82, 2.24) is 19.5 Å². The van der Waals surface area contributed by atoms with Crippen molar-refractivity contribution < 1.29 is 19.7 Å². The minimum atomic E-state index is -1.16. The summed E-state index contributed by atoms with van der Waals surface area (Å²) in [5, 5.41) is 21.1. The van der Waals surface area contributed by atoms with E-state index in [9.17, 15) is 10.2 Å². The zero-order valence-electron chi connectivity index (χ0n) is 12.9. The maximum absolute atomic E-state index is 10.3. The van der Waals surface area contributed by atoms with Crippen LogP contribution in [0.2, 0.25) is 0 Å². The molecule has 0 bridgehead atoms. The molecule has 0 aliphatic carbocycles. The second-order valence-electron chi connectivity index (χ2n) is 5.46. The number of aliphatic hydroxyl groups is 2. The van der Waals surface area contributed by atoms with Crippen LogP contribution in [0.25, 0.3) is 11.2 Å². The lowest BCUT2D eigenvalue weighted by molar-refractivity contribution is -0.0620. The molecule has 9 nitrogen and oxygen atoms in total. The van der Waals surface area contributed by atoms with Crippen LogP contribution in [0.3, 0.4) is 0 Å². The quantitative estimate of drug-likeness (QED) is 0.648. The molecule has 0 spiro atoms. The Balaban J connectivity index is 1.74. The smallest absolute Gasteiger partial charge is 0.167 e. The summed E-state index contributed by atoms with van der Waals surface area (Å²) in [6, 6.07) is 0. The van der Waals surface area contributed by atoms with Gasteiger partial charge in [-0.05, 0) is 13.0 Å². The van der Waals surface area contributed by atoms with Crippen LogP contribution in [0.4, 0.5) is 5.82 Å². The van der Waals surface area contributed by atoms with Crippen molar-refractivity contribution >= 4 is 28.6 Å². The molecule has 1 fully saturated rings. The number of aliphatic hydroxyl groups excluding tert-OH is 2. The molecule has 0 amide bonds. The number of hydrogen-bond acceptors (Lipinski definition) is 8. The van der Waals surface area contributed by atoms with Gasteiger partial charge in [0.05, 0.1) is 19.5 Å². The number of rotatable bonds is 5. The van der Waals surface area contributed by atoms with Gasteiger partial charge in [-0.25, -0.2) is 15.0 Å². The van der Waals surface area contributed by atoms with Crippen LogP contribution in [0.15, 0.2) is 23.8 Å². The number of hydrogen-bond donors (Lipinski definition) is 3. The van der Waals surface area contributed by atoms with Gasteiger partial charge in [-0.15, -0.1) is 0 Å². The van der Waals surface area contributed by atoms with Crippen molar-refractivity contribution in [3.05, 3.63) is 23.8 Å². The fourth-order valence-corrected chi connectivity index (χ4v) is 2.57. The van der Waals surface area contributed by atoms with Crippen molar-refractivity contribution in [3.8, 4) is 0 Å². The first-order chi connectivity index (χ1) is 11.5. The number of halogens is 1. The van der Waals surface area contributed by atoms with E-state index in [0.29, 0.717) is 22.8 Å². The van der Waals surface area contributed by atoms with Crippen molar-refractivity contribution in [3.63, 3.8) is 0 Å². The Labute approximate surface area is 142 Å². The molecule has 0 unspecified atom stereocenters. The average molecular weight is 356 g/mol. The Hall–Kier alpha value is -1.78. The van der Waals surface area contributed by atoms with Gasteiger partial charge in [0.25, 0.3) is 0 Å². The Morgan fingerprint density at radius 3 is 2.96 bits per heavy atom. The number of allylic oxidation sites excluding steroid dienone is 1. The summed E-state index contributed by atoms with van der Waals surface area (Å²) in [4.78, 5) is 12.1. The highest BCUT2D eigenvalue weighted by molar-refractivity contribution is 6.29. The van der Waals surface area contributed by atoms with Crippen LogP contribution in [0, 0.1) is 0 Å². The van der Waals surface area contributed by atoms with E-state index in [1.807, 2.05) is 0 Å². The summed E-state index contributed by atoms with van der Waals surface area (Å²) in [5.74, 6) is 0.231. The van der Waals surface area contributed by atoms with E-state index < -0.39 is 24.5 Å². The Kier molecular flexibility index (Phi) is 4.97. The van der Waals surface area contributed by atoms with Gasteiger partial charge >= 0.3 is 0 Å². The summed E-state index contributed by atoms with van der Waals surface area (Å²) in [7, 11) is 0. The first kappa shape index (κ1) is 17.1. The minimum Gasteiger partial charge on any atom is -0.387 e. The summed E-state index contributed by atoms with van der Waals surface area (Å²) < 4.78 is 12.6. The highest BCUT2D eigenvalue weighted by atomic mass is 35.5. The lowest BCUT2D eigenvalue weighted by Crippen LogP contribution is -2.33. The first-order valence-electron chi connectivity index (χ1n) is 7.33. The van der Waals surface area contributed by atoms with Gasteiger partial charge in [0.1, 0.15) is 30.2 Å². The molecule has 0 aromatic carbocycles. The lowest BCUT2D eigenvalue weighted by atomic mass is 10.1. The number of anilines is 1. The van der Waals surface area contributed by atoms with Crippen LogP contribution < -0.4 is 5.73 Å². The molecule has 2 aromatic heterocycles. The van der Waals surface area contributed by atoms with Gasteiger partial charge in [0.2, 0.25) is 0 Å². The Morgan fingerprint density at radius 1 is 1.42 bits per heavy atom. The molecular weight excluding hydrogens is 338 g/mol. The molecule has 0 radical (unpaired) electrons. The summed E-state index contributed by atoms with van der Waals surface area (Å²) in [5.41, 5.74) is 6.57. The molecular formula is C14H18ClN5O4. The van der Waals surface area contributed by atoms with Crippen molar-refractivity contribution in [1.29, 1.82) is 0 Å². The van der Waals surface area contributed by atoms with Crippen LogP contribution in [0.5, 0.6) is 0 Å². The van der Waals surface area contributed by atoms with Crippen molar-refractivity contribution in [2.75, 3.05) is 18.9 Å². The highest BCUT2D eigenvalue weighted by Gasteiger charge is 2.44. The summed E-state index contributed by atoms with van der Waals surface area (Å²) in [6.45, 7) is 2.14. The van der Waals surface area contributed by atoms with E-state index in [2.05, 4.69) is 15.0 Å². The summed E-state index contributed by atoms with van der Waals surface area (Å²) in [6.07, 6.45) is 0.641. The normalized spacial score (nSPS) is 27.9. The van der Waals surface area contributed by atoms with Gasteiger partial charge in [-0.1, -0.05) is 11.6 Å². The minimum absolute atomic E-state index is 0.110. The third-order valence-corrected chi connectivity index (χ3v) is 3.92. The van der Waals surface area contributed by atoms with Crippen molar-refractivity contribution in [2.45, 2.75) is 31.5 Å². The largest absolute Gasteiger partial charge is 0.387 e. The molecule has 3 heterocycles. The summed E-state index contributed by atoms with van der Waals surface area (Å²) >= 11 is 5.71. The van der Waals surface area contributed by atoms with Crippen molar-refractivity contribution in [2.24, 2.45) is 0 Å². The maximum Gasteiger partial charge on any atom is 0.167 e. The predicted octanol–water partition coefficient (Wildman–Crippen LogP) is 0.187. The van der Waals surface area contributed by atoms with Gasteiger partial charge in [-0.2, -0.15) is 0 Å². The molecule has 1 aliphatic heterocycles. The van der Waals surface area contributed by atoms with Gasteiger partial charge < -0.3 is 25.4 Å². The molecule has 130 valence electrons. The van der Waals surface area contributed by atoms with Crippen LogP contribution >= 0.6 is 11.6 Å².